The van der Waals surface area contributed by atoms with Crippen LogP contribution in [-0.2, 0) is 6.54 Å². The summed E-state index contributed by atoms with van der Waals surface area (Å²) >= 11 is 0. The minimum absolute atomic E-state index is 0.256. The van der Waals surface area contributed by atoms with E-state index in [0.29, 0.717) is 13.1 Å². The molecule has 0 amide bonds. The summed E-state index contributed by atoms with van der Waals surface area (Å²) < 4.78 is 2.16. The van der Waals surface area contributed by atoms with Gasteiger partial charge < -0.3 is 15.9 Å². The van der Waals surface area contributed by atoms with Gasteiger partial charge in [-0.25, -0.2) is 0 Å². The average Bonchev–Trinajstić information content (AvgIpc) is 2.68. The van der Waals surface area contributed by atoms with Crippen molar-refractivity contribution in [1.29, 1.82) is 0 Å². The Balaban J connectivity index is 1.89. The first kappa shape index (κ1) is 18.4. The largest absolute Gasteiger partial charge is 0.508 e. The molecule has 0 saturated heterocycles. The van der Waals surface area contributed by atoms with Gasteiger partial charge in [0.25, 0.3) is 0 Å². The standard InChI is InChI=1S/C23H22N2O2/c24-16-17-25-20(10-4-18-6-12-22(26)13-7-18)2-1-3-21(25)11-5-19-8-14-23(27)15-9-19/h1-15H,16-17,24H2,(H,26,27)/p+1. The average molecular weight is 359 g/mol. The van der Waals surface area contributed by atoms with Gasteiger partial charge in [0, 0.05) is 24.3 Å². The zero-order valence-electron chi connectivity index (χ0n) is 15.0. The summed E-state index contributed by atoms with van der Waals surface area (Å²) in [7, 11) is 0. The molecule has 0 fully saturated rings. The molecule has 27 heavy (non-hydrogen) atoms. The van der Waals surface area contributed by atoms with Crippen molar-refractivity contribution in [2.24, 2.45) is 5.73 Å². The summed E-state index contributed by atoms with van der Waals surface area (Å²) in [5, 5.41) is 18.8. The van der Waals surface area contributed by atoms with Crippen molar-refractivity contribution < 1.29 is 14.8 Å². The van der Waals surface area contributed by atoms with Gasteiger partial charge in [0.15, 0.2) is 6.54 Å². The Kier molecular flexibility index (Phi) is 6.02. The lowest BCUT2D eigenvalue weighted by atomic mass is 10.1. The van der Waals surface area contributed by atoms with Gasteiger partial charge in [-0.05, 0) is 53.6 Å². The maximum Gasteiger partial charge on any atom is 0.205 e. The van der Waals surface area contributed by atoms with Gasteiger partial charge in [-0.15, -0.1) is 0 Å². The quantitative estimate of drug-likeness (QED) is 0.588. The van der Waals surface area contributed by atoms with Gasteiger partial charge >= 0.3 is 0 Å². The van der Waals surface area contributed by atoms with E-state index >= 15 is 0 Å². The Morgan fingerprint density at radius 2 is 1.11 bits per heavy atom. The number of nitrogens with two attached hydrogens (primary N) is 1. The second-order valence-electron chi connectivity index (χ2n) is 6.17. The molecule has 0 saturated carbocycles. The molecule has 1 aromatic heterocycles. The van der Waals surface area contributed by atoms with Crippen LogP contribution in [0.25, 0.3) is 24.3 Å². The van der Waals surface area contributed by atoms with E-state index < -0.39 is 0 Å². The van der Waals surface area contributed by atoms with Crippen LogP contribution in [0.3, 0.4) is 0 Å². The van der Waals surface area contributed by atoms with Gasteiger partial charge in [-0.3, -0.25) is 0 Å². The molecule has 136 valence electrons. The number of benzene rings is 2. The first-order valence-corrected chi connectivity index (χ1v) is 8.83. The van der Waals surface area contributed by atoms with E-state index in [4.69, 9.17) is 5.73 Å². The van der Waals surface area contributed by atoms with Crippen molar-refractivity contribution in [1.82, 2.24) is 0 Å². The van der Waals surface area contributed by atoms with E-state index in [9.17, 15) is 10.2 Å². The predicted octanol–water partition coefficient (Wildman–Crippen LogP) is 3.68. The molecule has 0 aliphatic heterocycles. The van der Waals surface area contributed by atoms with Gasteiger partial charge in [-0.1, -0.05) is 24.3 Å². The number of nitrogens with zero attached hydrogens (tertiary/aromatic N) is 1. The highest BCUT2D eigenvalue weighted by molar-refractivity contribution is 5.69. The zero-order chi connectivity index (χ0) is 19.1. The summed E-state index contributed by atoms with van der Waals surface area (Å²) in [6.45, 7) is 1.24. The van der Waals surface area contributed by atoms with Gasteiger partial charge in [0.2, 0.25) is 11.4 Å². The Bertz CT molecular complexity index is 869. The highest BCUT2D eigenvalue weighted by Gasteiger charge is 2.11. The minimum atomic E-state index is 0.256. The first-order chi connectivity index (χ1) is 13.2. The summed E-state index contributed by atoms with van der Waals surface area (Å²) in [6, 6.07) is 20.3. The topological polar surface area (TPSA) is 70.4 Å². The van der Waals surface area contributed by atoms with Crippen molar-refractivity contribution in [2.75, 3.05) is 6.54 Å². The number of aromatic nitrogens is 1. The van der Waals surface area contributed by atoms with E-state index in [1.807, 2.05) is 66.8 Å². The highest BCUT2D eigenvalue weighted by atomic mass is 16.3. The van der Waals surface area contributed by atoms with Crippen molar-refractivity contribution in [3.8, 4) is 11.5 Å². The van der Waals surface area contributed by atoms with Gasteiger partial charge in [0.05, 0.1) is 6.54 Å². The number of hydrogen-bond acceptors (Lipinski definition) is 3. The fourth-order valence-corrected chi connectivity index (χ4v) is 2.79. The fourth-order valence-electron chi connectivity index (χ4n) is 2.79. The smallest absolute Gasteiger partial charge is 0.205 e. The molecular weight excluding hydrogens is 336 g/mol. The molecule has 0 aliphatic carbocycles. The maximum atomic E-state index is 9.40. The second-order valence-corrected chi connectivity index (χ2v) is 6.17. The van der Waals surface area contributed by atoms with Crippen LogP contribution in [0.4, 0.5) is 0 Å². The monoisotopic (exact) mass is 359 g/mol. The molecule has 3 rings (SSSR count). The SMILES string of the molecule is NCC[n+]1c(/C=C/c2ccc(O)cc2)cccc1/C=C/c1ccc(O)cc1. The van der Waals surface area contributed by atoms with E-state index in [1.165, 1.54) is 0 Å². The summed E-state index contributed by atoms with van der Waals surface area (Å²) in [5.74, 6) is 0.512. The molecule has 3 aromatic rings. The van der Waals surface area contributed by atoms with Crippen molar-refractivity contribution in [3.63, 3.8) is 0 Å². The summed E-state index contributed by atoms with van der Waals surface area (Å²) in [6.07, 6.45) is 8.10. The lowest BCUT2D eigenvalue weighted by molar-refractivity contribution is -0.697. The van der Waals surface area contributed by atoms with Crippen LogP contribution in [0.5, 0.6) is 11.5 Å². The lowest BCUT2D eigenvalue weighted by Crippen LogP contribution is -2.43. The first-order valence-electron chi connectivity index (χ1n) is 8.83. The molecule has 2 aromatic carbocycles. The molecule has 0 atom stereocenters. The van der Waals surface area contributed by atoms with Crippen LogP contribution >= 0.6 is 0 Å². The molecule has 0 bridgehead atoms. The Morgan fingerprint density at radius 1 is 0.667 bits per heavy atom. The molecule has 0 spiro atoms. The number of hydrogen-bond donors (Lipinski definition) is 3. The van der Waals surface area contributed by atoms with Crippen molar-refractivity contribution in [2.45, 2.75) is 6.54 Å². The Morgan fingerprint density at radius 3 is 1.52 bits per heavy atom. The van der Waals surface area contributed by atoms with Crippen LogP contribution < -0.4 is 10.3 Å². The van der Waals surface area contributed by atoms with E-state index in [0.717, 1.165) is 22.5 Å². The predicted molar refractivity (Wildman–Crippen MR) is 110 cm³/mol. The molecule has 4 heteroatoms. The van der Waals surface area contributed by atoms with Crippen LogP contribution in [0.1, 0.15) is 22.5 Å². The molecule has 0 aliphatic rings. The van der Waals surface area contributed by atoms with Crippen LogP contribution in [0.2, 0.25) is 0 Å². The van der Waals surface area contributed by atoms with Crippen LogP contribution in [0, 0.1) is 0 Å². The number of phenols is 2. The second kappa shape index (κ2) is 8.83. The van der Waals surface area contributed by atoms with E-state index in [-0.39, 0.29) is 11.5 Å². The zero-order valence-corrected chi connectivity index (χ0v) is 15.0. The molecule has 4 nitrogen and oxygen atoms in total. The molecule has 4 N–H and O–H groups in total. The Labute approximate surface area is 159 Å². The maximum absolute atomic E-state index is 9.40. The van der Waals surface area contributed by atoms with E-state index in [1.54, 1.807) is 24.3 Å². The van der Waals surface area contributed by atoms with Gasteiger partial charge in [-0.2, -0.15) is 4.57 Å². The number of pyridine rings is 1. The van der Waals surface area contributed by atoms with Crippen molar-refractivity contribution >= 4 is 24.3 Å². The van der Waals surface area contributed by atoms with Crippen LogP contribution in [0.15, 0.2) is 66.7 Å². The third-order valence-electron chi connectivity index (χ3n) is 4.19. The fraction of sp³-hybridized carbons (Fsp3) is 0.0870. The molecular formula is C23H23N2O2+. The molecule has 0 radical (unpaired) electrons. The third-order valence-corrected chi connectivity index (χ3v) is 4.19. The third kappa shape index (κ3) is 5.06. The minimum Gasteiger partial charge on any atom is -0.508 e. The Hall–Kier alpha value is -3.37. The van der Waals surface area contributed by atoms with Crippen LogP contribution in [-0.4, -0.2) is 16.8 Å². The molecule has 1 heterocycles. The number of phenolic OH excluding ortho intramolecular Hbond substituents is 2. The summed E-state index contributed by atoms with van der Waals surface area (Å²) in [4.78, 5) is 0. The molecule has 0 unspecified atom stereocenters. The highest BCUT2D eigenvalue weighted by Crippen LogP contribution is 2.14. The normalized spacial score (nSPS) is 11.4. The van der Waals surface area contributed by atoms with Gasteiger partial charge in [0.1, 0.15) is 11.5 Å². The lowest BCUT2D eigenvalue weighted by Gasteiger charge is -2.03. The summed E-state index contributed by atoms with van der Waals surface area (Å²) in [5.41, 5.74) is 9.93. The van der Waals surface area contributed by atoms with Crippen molar-refractivity contribution in [3.05, 3.63) is 89.2 Å². The number of rotatable bonds is 6. The van der Waals surface area contributed by atoms with E-state index in [2.05, 4.69) is 4.57 Å². The number of aromatic hydroxyl groups is 2.